The molecule has 29 heavy (non-hydrogen) atoms. The molecule has 1 fully saturated rings. The molecule has 1 heterocycles. The van der Waals surface area contributed by atoms with Gasteiger partial charge in [-0.2, -0.15) is 4.31 Å². The number of anilines is 1. The Morgan fingerprint density at radius 1 is 1.21 bits per heavy atom. The van der Waals surface area contributed by atoms with Crippen LogP contribution in [0, 0.1) is 0 Å². The number of nitrogens with zero attached hydrogens (tertiary/aromatic N) is 1. The van der Waals surface area contributed by atoms with Crippen LogP contribution in [0.1, 0.15) is 5.56 Å². The second-order valence-electron chi connectivity index (χ2n) is 6.28. The maximum Gasteiger partial charge on any atom is 0.248 e. The van der Waals surface area contributed by atoms with Crippen molar-refractivity contribution in [2.45, 2.75) is 4.90 Å². The predicted molar refractivity (Wildman–Crippen MR) is 109 cm³/mol. The minimum absolute atomic E-state index is 0.0127. The molecule has 0 aliphatic carbocycles. The van der Waals surface area contributed by atoms with E-state index >= 15 is 0 Å². The molecule has 0 radical (unpaired) electrons. The second-order valence-corrected chi connectivity index (χ2v) is 8.22. The van der Waals surface area contributed by atoms with E-state index in [0.29, 0.717) is 11.4 Å². The van der Waals surface area contributed by atoms with Crippen molar-refractivity contribution in [3.05, 3.63) is 60.2 Å². The maximum absolute atomic E-state index is 12.8. The first-order valence-electron chi connectivity index (χ1n) is 8.89. The van der Waals surface area contributed by atoms with Crippen LogP contribution in [-0.2, 0) is 19.6 Å². The third-order valence-corrected chi connectivity index (χ3v) is 6.14. The lowest BCUT2D eigenvalue weighted by Crippen LogP contribution is -2.49. The number of ether oxygens (including phenoxy) is 1. The van der Waals surface area contributed by atoms with Crippen LogP contribution in [0.25, 0.3) is 6.08 Å². The van der Waals surface area contributed by atoms with Crippen molar-refractivity contribution < 1.29 is 22.7 Å². The largest absolute Gasteiger partial charge is 0.496 e. The zero-order chi connectivity index (χ0) is 20.9. The smallest absolute Gasteiger partial charge is 0.248 e. The molecule has 2 amide bonds. The zero-order valence-corrected chi connectivity index (χ0v) is 16.6. The standard InChI is InChI=1S/C20H21N3O5S/c1-28-18-8-3-2-5-15(18)9-10-19(24)22-16-6-4-7-17(13-16)29(26,27)23-12-11-21-20(25)14-23/h2-10,13H,11-12,14H2,1H3,(H,21,25)(H,22,24)/b10-9+. The summed E-state index contributed by atoms with van der Waals surface area (Å²) < 4.78 is 31.9. The SMILES string of the molecule is COc1ccccc1/C=C/C(=O)Nc1cccc(S(=O)(=O)N2CCNC(=O)C2)c1. The molecular formula is C20H21N3O5S. The fraction of sp³-hybridized carbons (Fsp3) is 0.200. The van der Waals surface area contributed by atoms with Gasteiger partial charge in [0.1, 0.15) is 5.75 Å². The quantitative estimate of drug-likeness (QED) is 0.695. The Bertz CT molecular complexity index is 1050. The van der Waals surface area contributed by atoms with Gasteiger partial charge in [0.25, 0.3) is 0 Å². The number of sulfonamides is 1. The highest BCUT2D eigenvalue weighted by atomic mass is 32.2. The number of piperazine rings is 1. The first-order chi connectivity index (χ1) is 13.9. The zero-order valence-electron chi connectivity index (χ0n) is 15.8. The lowest BCUT2D eigenvalue weighted by atomic mass is 10.2. The van der Waals surface area contributed by atoms with Gasteiger partial charge >= 0.3 is 0 Å². The first kappa shape index (κ1) is 20.6. The molecule has 0 aromatic heterocycles. The molecule has 8 nitrogen and oxygen atoms in total. The van der Waals surface area contributed by atoms with Crippen molar-refractivity contribution in [3.8, 4) is 5.75 Å². The molecule has 1 aliphatic heterocycles. The Kier molecular flexibility index (Phi) is 6.30. The number of nitrogens with one attached hydrogen (secondary N) is 2. The van der Waals surface area contributed by atoms with Gasteiger partial charge in [-0.05, 0) is 30.3 Å². The van der Waals surface area contributed by atoms with E-state index in [2.05, 4.69) is 10.6 Å². The van der Waals surface area contributed by atoms with Gasteiger partial charge in [-0.3, -0.25) is 9.59 Å². The number of amides is 2. The molecule has 2 N–H and O–H groups in total. The fourth-order valence-electron chi connectivity index (χ4n) is 2.86. The van der Waals surface area contributed by atoms with Crippen LogP contribution in [0.2, 0.25) is 0 Å². The van der Waals surface area contributed by atoms with E-state index in [0.717, 1.165) is 9.87 Å². The minimum Gasteiger partial charge on any atom is -0.496 e. The van der Waals surface area contributed by atoms with Crippen molar-refractivity contribution in [1.29, 1.82) is 0 Å². The number of benzene rings is 2. The predicted octanol–water partition coefficient (Wildman–Crippen LogP) is 1.47. The summed E-state index contributed by atoms with van der Waals surface area (Å²) in [7, 11) is -2.28. The van der Waals surface area contributed by atoms with Crippen molar-refractivity contribution >= 4 is 33.6 Å². The number of carbonyl (C=O) groups excluding carboxylic acids is 2. The molecule has 2 aromatic rings. The second kappa shape index (κ2) is 8.89. The molecule has 0 bridgehead atoms. The summed E-state index contributed by atoms with van der Waals surface area (Å²) in [5, 5.41) is 5.24. The van der Waals surface area contributed by atoms with Crippen molar-refractivity contribution in [3.63, 3.8) is 0 Å². The molecule has 2 aromatic carbocycles. The van der Waals surface area contributed by atoms with Gasteiger partial charge in [-0.15, -0.1) is 0 Å². The van der Waals surface area contributed by atoms with Gasteiger partial charge < -0.3 is 15.4 Å². The summed E-state index contributed by atoms with van der Waals surface area (Å²) in [5.41, 5.74) is 1.08. The van der Waals surface area contributed by atoms with Crippen LogP contribution in [0.15, 0.2) is 59.5 Å². The first-order valence-corrected chi connectivity index (χ1v) is 10.3. The molecule has 1 saturated heterocycles. The summed E-state index contributed by atoms with van der Waals surface area (Å²) in [4.78, 5) is 23.8. The van der Waals surface area contributed by atoms with Gasteiger partial charge in [0.05, 0.1) is 18.6 Å². The Balaban J connectivity index is 1.73. The molecule has 0 saturated carbocycles. The van der Waals surface area contributed by atoms with Crippen LogP contribution >= 0.6 is 0 Å². The van der Waals surface area contributed by atoms with Crippen molar-refractivity contribution in [2.24, 2.45) is 0 Å². The van der Waals surface area contributed by atoms with E-state index in [-0.39, 0.29) is 30.4 Å². The number of hydrogen-bond donors (Lipinski definition) is 2. The third-order valence-electron chi connectivity index (χ3n) is 4.30. The lowest BCUT2D eigenvalue weighted by Gasteiger charge is -2.26. The number of carbonyl (C=O) groups is 2. The molecular weight excluding hydrogens is 394 g/mol. The van der Waals surface area contributed by atoms with E-state index in [1.54, 1.807) is 25.3 Å². The number of para-hydroxylation sites is 1. The summed E-state index contributed by atoms with van der Waals surface area (Å²) in [6, 6.07) is 13.2. The van der Waals surface area contributed by atoms with Gasteiger partial charge in [0.2, 0.25) is 21.8 Å². The van der Waals surface area contributed by atoms with Gasteiger partial charge in [-0.25, -0.2) is 8.42 Å². The summed E-state index contributed by atoms with van der Waals surface area (Å²) in [6.45, 7) is 0.245. The Morgan fingerprint density at radius 2 is 2.00 bits per heavy atom. The molecule has 0 spiro atoms. The highest BCUT2D eigenvalue weighted by Gasteiger charge is 2.29. The van der Waals surface area contributed by atoms with Crippen LogP contribution < -0.4 is 15.4 Å². The molecule has 9 heteroatoms. The Hall–Kier alpha value is -3.17. The summed E-state index contributed by atoms with van der Waals surface area (Å²) in [5.74, 6) is -0.122. The summed E-state index contributed by atoms with van der Waals surface area (Å²) in [6.07, 6.45) is 2.95. The number of methoxy groups -OCH3 is 1. The van der Waals surface area contributed by atoms with Gasteiger partial charge in [-0.1, -0.05) is 24.3 Å². The maximum atomic E-state index is 12.8. The van der Waals surface area contributed by atoms with Crippen LogP contribution in [-0.4, -0.2) is 51.3 Å². The van der Waals surface area contributed by atoms with Crippen LogP contribution in [0.3, 0.4) is 0 Å². The van der Waals surface area contributed by atoms with E-state index < -0.39 is 15.9 Å². The molecule has 0 unspecified atom stereocenters. The van der Waals surface area contributed by atoms with E-state index in [1.165, 1.54) is 24.3 Å². The highest BCUT2D eigenvalue weighted by molar-refractivity contribution is 7.89. The molecule has 152 valence electrons. The fourth-order valence-corrected chi connectivity index (χ4v) is 4.30. The Labute approximate surface area is 169 Å². The highest BCUT2D eigenvalue weighted by Crippen LogP contribution is 2.21. The van der Waals surface area contributed by atoms with E-state index in [4.69, 9.17) is 4.74 Å². The van der Waals surface area contributed by atoms with E-state index in [9.17, 15) is 18.0 Å². The minimum atomic E-state index is -3.83. The average molecular weight is 415 g/mol. The molecule has 1 aliphatic rings. The van der Waals surface area contributed by atoms with Crippen LogP contribution in [0.5, 0.6) is 5.75 Å². The monoisotopic (exact) mass is 415 g/mol. The number of rotatable bonds is 6. The number of hydrogen-bond acceptors (Lipinski definition) is 5. The molecule has 3 rings (SSSR count). The average Bonchev–Trinajstić information content (AvgIpc) is 2.72. The Morgan fingerprint density at radius 3 is 2.76 bits per heavy atom. The van der Waals surface area contributed by atoms with Crippen LogP contribution in [0.4, 0.5) is 5.69 Å². The third kappa shape index (κ3) is 5.01. The van der Waals surface area contributed by atoms with Crippen molar-refractivity contribution in [1.82, 2.24) is 9.62 Å². The topological polar surface area (TPSA) is 105 Å². The van der Waals surface area contributed by atoms with E-state index in [1.807, 2.05) is 18.2 Å². The normalized spacial score (nSPS) is 15.1. The lowest BCUT2D eigenvalue weighted by molar-refractivity contribution is -0.122. The van der Waals surface area contributed by atoms with Gasteiger partial charge in [0, 0.05) is 30.4 Å². The van der Waals surface area contributed by atoms with Crippen molar-refractivity contribution in [2.75, 3.05) is 32.1 Å². The summed E-state index contributed by atoms with van der Waals surface area (Å²) >= 11 is 0. The van der Waals surface area contributed by atoms with Gasteiger partial charge in [0.15, 0.2) is 0 Å². The molecule has 0 atom stereocenters.